The molecule has 1 aliphatic heterocycles. The number of carbonyl (C=O) groups excluding carboxylic acids is 2. The van der Waals surface area contributed by atoms with Gasteiger partial charge in [0.05, 0.1) is 18.8 Å². The third-order valence-corrected chi connectivity index (χ3v) is 6.83. The number of hydrogen-bond acceptors (Lipinski definition) is 6. The Hall–Kier alpha value is -3.88. The second-order valence-electron chi connectivity index (χ2n) is 11.4. The van der Waals surface area contributed by atoms with Crippen molar-refractivity contribution in [3.05, 3.63) is 60.0 Å². The average molecular weight is 518 g/mol. The molecule has 3 heterocycles. The van der Waals surface area contributed by atoms with Gasteiger partial charge < -0.3 is 25.0 Å². The van der Waals surface area contributed by atoms with Crippen molar-refractivity contribution in [1.82, 2.24) is 19.7 Å². The Balaban J connectivity index is 1.60. The number of carbonyl (C=O) groups is 2. The molecule has 9 heteroatoms. The van der Waals surface area contributed by atoms with Crippen LogP contribution in [0.3, 0.4) is 0 Å². The van der Waals surface area contributed by atoms with Crippen molar-refractivity contribution in [3.63, 3.8) is 0 Å². The highest BCUT2D eigenvalue weighted by molar-refractivity contribution is 5.94. The highest BCUT2D eigenvalue weighted by atomic mass is 16.4. The molecular weight excluding hydrogens is 480 g/mol. The summed E-state index contributed by atoms with van der Waals surface area (Å²) < 4.78 is 1.75. The van der Waals surface area contributed by atoms with E-state index in [2.05, 4.69) is 28.4 Å². The van der Waals surface area contributed by atoms with Gasteiger partial charge in [-0.05, 0) is 60.6 Å². The number of nitrogens with zero attached hydrogens (tertiary/aromatic N) is 5. The van der Waals surface area contributed by atoms with E-state index in [4.69, 9.17) is 0 Å². The molecule has 0 saturated heterocycles. The van der Waals surface area contributed by atoms with Crippen molar-refractivity contribution < 1.29 is 14.7 Å². The number of benzene rings is 1. The summed E-state index contributed by atoms with van der Waals surface area (Å²) in [7, 11) is 0. The molecule has 202 valence electrons. The first kappa shape index (κ1) is 27.2. The Labute approximate surface area is 224 Å². The van der Waals surface area contributed by atoms with Crippen molar-refractivity contribution in [1.29, 1.82) is 0 Å². The second-order valence-corrected chi connectivity index (χ2v) is 11.4. The molecule has 1 aliphatic rings. The van der Waals surface area contributed by atoms with Gasteiger partial charge in [-0.15, -0.1) is 0 Å². The average Bonchev–Trinajstić information content (AvgIpc) is 3.31. The topological polar surface area (TPSA) is 106 Å². The molecule has 0 saturated carbocycles. The molecule has 0 spiro atoms. The number of anilines is 2. The van der Waals surface area contributed by atoms with Gasteiger partial charge in [0.1, 0.15) is 11.9 Å². The largest absolute Gasteiger partial charge is 0.530 e. The maximum Gasteiger partial charge on any atom is 0.224 e. The molecule has 4 rings (SSSR count). The molecule has 0 bridgehead atoms. The highest BCUT2D eigenvalue weighted by Crippen LogP contribution is 2.41. The van der Waals surface area contributed by atoms with Crippen LogP contribution in [0.15, 0.2) is 48.9 Å². The first-order chi connectivity index (χ1) is 17.9. The molecule has 0 unspecified atom stereocenters. The Morgan fingerprint density at radius 2 is 1.97 bits per heavy atom. The van der Waals surface area contributed by atoms with E-state index >= 15 is 0 Å². The fraction of sp³-hybridized carbons (Fsp3) is 0.448. The number of rotatable bonds is 7. The van der Waals surface area contributed by atoms with Crippen molar-refractivity contribution in [2.24, 2.45) is 5.41 Å². The number of amides is 2. The highest BCUT2D eigenvalue weighted by Gasteiger charge is 2.33. The summed E-state index contributed by atoms with van der Waals surface area (Å²) in [6.07, 6.45) is 5.06. The minimum Gasteiger partial charge on any atom is -0.530 e. The van der Waals surface area contributed by atoms with E-state index in [9.17, 15) is 14.7 Å². The quantitative estimate of drug-likeness (QED) is 0.502. The lowest BCUT2D eigenvalue weighted by Crippen LogP contribution is -2.46. The molecule has 2 atom stereocenters. The Kier molecular flexibility index (Phi) is 7.76. The van der Waals surface area contributed by atoms with Crippen LogP contribution in [0.2, 0.25) is 0 Å². The van der Waals surface area contributed by atoms with Crippen LogP contribution in [0, 0.1) is 12.3 Å². The Morgan fingerprint density at radius 3 is 2.63 bits per heavy atom. The Morgan fingerprint density at radius 1 is 1.21 bits per heavy atom. The van der Waals surface area contributed by atoms with Gasteiger partial charge in [0.15, 0.2) is 0 Å². The van der Waals surface area contributed by atoms with E-state index < -0.39 is 6.09 Å². The third-order valence-electron chi connectivity index (χ3n) is 6.83. The van der Waals surface area contributed by atoms with Crippen molar-refractivity contribution in [2.75, 3.05) is 23.3 Å². The van der Waals surface area contributed by atoms with Gasteiger partial charge in [-0.2, -0.15) is 5.10 Å². The lowest BCUT2D eigenvalue weighted by Gasteiger charge is -2.39. The smallest absolute Gasteiger partial charge is 0.224 e. The van der Waals surface area contributed by atoms with E-state index in [0.29, 0.717) is 19.6 Å². The van der Waals surface area contributed by atoms with Gasteiger partial charge in [0.25, 0.3) is 0 Å². The summed E-state index contributed by atoms with van der Waals surface area (Å²) in [4.78, 5) is 31.8. The van der Waals surface area contributed by atoms with E-state index in [1.807, 2.05) is 63.1 Å². The number of aryl methyl sites for hydroxylation is 1. The monoisotopic (exact) mass is 517 g/mol. The third kappa shape index (κ3) is 6.15. The van der Waals surface area contributed by atoms with Gasteiger partial charge in [-0.1, -0.05) is 32.9 Å². The fourth-order valence-corrected chi connectivity index (χ4v) is 5.13. The molecular formula is C29H37N6O3-. The molecule has 0 aliphatic carbocycles. The van der Waals surface area contributed by atoms with E-state index in [-0.39, 0.29) is 23.4 Å². The maximum atomic E-state index is 12.5. The van der Waals surface area contributed by atoms with Crippen LogP contribution in [0.1, 0.15) is 58.2 Å². The lowest BCUT2D eigenvalue weighted by atomic mass is 9.89. The maximum absolute atomic E-state index is 12.5. The second kappa shape index (κ2) is 10.8. The van der Waals surface area contributed by atoms with Gasteiger partial charge in [-0.25, -0.2) is 4.98 Å². The first-order valence-electron chi connectivity index (χ1n) is 13.0. The van der Waals surface area contributed by atoms with Gasteiger partial charge in [0.2, 0.25) is 5.91 Å². The van der Waals surface area contributed by atoms with Crippen molar-refractivity contribution in [3.8, 4) is 11.1 Å². The molecule has 2 aromatic heterocycles. The van der Waals surface area contributed by atoms with Crippen molar-refractivity contribution in [2.45, 2.75) is 66.6 Å². The van der Waals surface area contributed by atoms with E-state index in [1.54, 1.807) is 24.0 Å². The number of aromatic nitrogens is 3. The molecule has 1 aromatic carbocycles. The standard InChI is InChI=1S/C29H38N6O3/c1-19-8-7-11-30-27(19)32-25-14-20(2)35(21(3)36)26-10-9-22(15-24(25)26)23-16-31-34(17-23)13-12-33(28(37)38)18-29(4,5)6/h7-11,15-17,20,25H,12-14,18H2,1-6H3,(H,30,32)(H,37,38)/p-1/t20-,25+/m0/s1. The van der Waals surface area contributed by atoms with E-state index in [1.165, 1.54) is 4.90 Å². The summed E-state index contributed by atoms with van der Waals surface area (Å²) in [5.74, 6) is 0.845. The number of fused-ring (bicyclic) bond motifs is 1. The minimum absolute atomic E-state index is 0.0134. The minimum atomic E-state index is -1.17. The zero-order valence-electron chi connectivity index (χ0n) is 23.1. The molecule has 1 N–H and O–H groups in total. The fourth-order valence-electron chi connectivity index (χ4n) is 5.13. The number of hydrogen-bond donors (Lipinski definition) is 1. The van der Waals surface area contributed by atoms with E-state index in [0.717, 1.165) is 40.2 Å². The molecule has 9 nitrogen and oxygen atoms in total. The lowest BCUT2D eigenvalue weighted by molar-refractivity contribution is -0.266. The molecule has 2 amide bonds. The van der Waals surface area contributed by atoms with Crippen LogP contribution in [0.4, 0.5) is 16.3 Å². The van der Waals surface area contributed by atoms with Crippen LogP contribution in [0.5, 0.6) is 0 Å². The molecule has 0 radical (unpaired) electrons. The predicted molar refractivity (Wildman–Crippen MR) is 147 cm³/mol. The van der Waals surface area contributed by atoms with Gasteiger partial charge in [0, 0.05) is 49.7 Å². The number of nitrogens with one attached hydrogen (secondary N) is 1. The summed E-state index contributed by atoms with van der Waals surface area (Å²) in [5, 5.41) is 19.7. The number of carboxylic acid groups (broad SMARTS) is 1. The predicted octanol–water partition coefficient (Wildman–Crippen LogP) is 4.24. The zero-order valence-corrected chi connectivity index (χ0v) is 23.1. The number of pyridine rings is 1. The summed E-state index contributed by atoms with van der Waals surface area (Å²) in [6, 6.07) is 10.1. The van der Waals surface area contributed by atoms with Crippen molar-refractivity contribution >= 4 is 23.5 Å². The molecule has 38 heavy (non-hydrogen) atoms. The Bertz CT molecular complexity index is 1310. The molecule has 0 fully saturated rings. The van der Waals surface area contributed by atoms with Gasteiger partial charge in [-0.3, -0.25) is 9.48 Å². The van der Waals surface area contributed by atoms with Gasteiger partial charge >= 0.3 is 0 Å². The van der Waals surface area contributed by atoms with Crippen LogP contribution >= 0.6 is 0 Å². The SMILES string of the molecule is CC(=O)N1c2ccc(-c3cnn(CCN(CC(C)(C)C)C(=O)[O-])c3)cc2[C@H](Nc2ncccc2C)C[C@@H]1C. The summed E-state index contributed by atoms with van der Waals surface area (Å²) >= 11 is 0. The van der Waals surface area contributed by atoms with Crippen LogP contribution in [0.25, 0.3) is 11.1 Å². The normalized spacial score (nSPS) is 17.2. The zero-order chi connectivity index (χ0) is 27.6. The molecule has 3 aromatic rings. The van der Waals surface area contributed by atoms with Crippen LogP contribution in [-0.4, -0.2) is 50.8 Å². The first-order valence-corrected chi connectivity index (χ1v) is 13.0. The summed E-state index contributed by atoms with van der Waals surface area (Å²) in [6.45, 7) is 12.8. The van der Waals surface area contributed by atoms with Crippen LogP contribution in [-0.2, 0) is 11.3 Å². The van der Waals surface area contributed by atoms with Crippen LogP contribution < -0.4 is 15.3 Å². The summed E-state index contributed by atoms with van der Waals surface area (Å²) in [5.41, 5.74) is 4.72.